The number of carbonyl (C=O) groups excluding carboxylic acids is 1. The van der Waals surface area contributed by atoms with Crippen LogP contribution in [0.15, 0.2) is 23.8 Å². The maximum absolute atomic E-state index is 11.7. The standard InChI is InChI=1S/C13H11ClN2O4/c1-7(13(19)20)16-12(18)9(6-15)4-8-5-10(14)2-3-11(8)17/h2-5,7,17H,1H3,(H,16,18)(H,19,20)/b9-4+. The molecular formula is C13H11ClN2O4. The van der Waals surface area contributed by atoms with Crippen molar-refractivity contribution in [3.63, 3.8) is 0 Å². The summed E-state index contributed by atoms with van der Waals surface area (Å²) in [5.74, 6) is -2.22. The molecule has 0 saturated carbocycles. The van der Waals surface area contributed by atoms with Gasteiger partial charge in [-0.15, -0.1) is 0 Å². The molecule has 0 bridgehead atoms. The number of phenols is 1. The molecule has 3 N–H and O–H groups in total. The molecule has 20 heavy (non-hydrogen) atoms. The van der Waals surface area contributed by atoms with Crippen molar-refractivity contribution in [1.82, 2.24) is 5.32 Å². The number of amides is 1. The Morgan fingerprint density at radius 3 is 2.70 bits per heavy atom. The van der Waals surface area contributed by atoms with Gasteiger partial charge in [-0.3, -0.25) is 9.59 Å². The van der Waals surface area contributed by atoms with E-state index in [0.29, 0.717) is 5.02 Å². The molecule has 1 unspecified atom stereocenters. The van der Waals surface area contributed by atoms with Crippen LogP contribution in [0.25, 0.3) is 6.08 Å². The molecule has 0 saturated heterocycles. The zero-order valence-electron chi connectivity index (χ0n) is 10.4. The molecule has 0 aliphatic rings. The smallest absolute Gasteiger partial charge is 0.325 e. The summed E-state index contributed by atoms with van der Waals surface area (Å²) in [7, 11) is 0. The normalized spacial score (nSPS) is 12.3. The lowest BCUT2D eigenvalue weighted by molar-refractivity contribution is -0.140. The predicted molar refractivity (Wildman–Crippen MR) is 71.9 cm³/mol. The first kappa shape index (κ1) is 15.5. The van der Waals surface area contributed by atoms with Gasteiger partial charge in [0.05, 0.1) is 0 Å². The minimum atomic E-state index is -1.22. The molecule has 1 aromatic carbocycles. The minimum absolute atomic E-state index is 0.152. The summed E-state index contributed by atoms with van der Waals surface area (Å²) in [6.45, 7) is 1.27. The third-order valence-electron chi connectivity index (χ3n) is 2.37. The van der Waals surface area contributed by atoms with E-state index in [1.807, 2.05) is 0 Å². The Hall–Kier alpha value is -2.52. The van der Waals surface area contributed by atoms with Crippen molar-refractivity contribution in [1.29, 1.82) is 5.26 Å². The Kier molecular flexibility index (Phi) is 5.12. The number of aromatic hydroxyl groups is 1. The highest BCUT2D eigenvalue weighted by atomic mass is 35.5. The fourth-order valence-corrected chi connectivity index (χ4v) is 1.46. The van der Waals surface area contributed by atoms with E-state index in [0.717, 1.165) is 6.08 Å². The van der Waals surface area contributed by atoms with Gasteiger partial charge in [0.1, 0.15) is 23.4 Å². The van der Waals surface area contributed by atoms with Gasteiger partial charge in [-0.05, 0) is 31.2 Å². The van der Waals surface area contributed by atoms with E-state index >= 15 is 0 Å². The largest absolute Gasteiger partial charge is 0.507 e. The lowest BCUT2D eigenvalue weighted by atomic mass is 10.1. The molecule has 0 heterocycles. The van der Waals surface area contributed by atoms with Crippen LogP contribution >= 0.6 is 11.6 Å². The fraction of sp³-hybridized carbons (Fsp3) is 0.154. The molecular weight excluding hydrogens is 284 g/mol. The second-order valence-electron chi connectivity index (χ2n) is 3.91. The van der Waals surface area contributed by atoms with Gasteiger partial charge in [-0.1, -0.05) is 11.6 Å². The lowest BCUT2D eigenvalue weighted by Gasteiger charge is -2.08. The van der Waals surface area contributed by atoms with Crippen LogP contribution in [-0.2, 0) is 9.59 Å². The number of rotatable bonds is 4. The van der Waals surface area contributed by atoms with Crippen LogP contribution in [0.5, 0.6) is 5.75 Å². The first-order chi connectivity index (χ1) is 9.35. The van der Waals surface area contributed by atoms with E-state index in [4.69, 9.17) is 22.0 Å². The van der Waals surface area contributed by atoms with Crippen molar-refractivity contribution in [3.8, 4) is 11.8 Å². The van der Waals surface area contributed by atoms with Crippen LogP contribution < -0.4 is 5.32 Å². The summed E-state index contributed by atoms with van der Waals surface area (Å²) in [6.07, 6.45) is 1.13. The highest BCUT2D eigenvalue weighted by Crippen LogP contribution is 2.23. The van der Waals surface area contributed by atoms with Gasteiger partial charge in [0, 0.05) is 10.6 Å². The number of carboxylic acid groups (broad SMARTS) is 1. The molecule has 1 aromatic rings. The van der Waals surface area contributed by atoms with Gasteiger partial charge in [-0.2, -0.15) is 5.26 Å². The summed E-state index contributed by atoms with van der Waals surface area (Å²) >= 11 is 5.75. The molecule has 0 aliphatic carbocycles. The lowest BCUT2D eigenvalue weighted by Crippen LogP contribution is -2.38. The van der Waals surface area contributed by atoms with Gasteiger partial charge < -0.3 is 15.5 Å². The average molecular weight is 295 g/mol. The number of halogens is 1. The first-order valence-electron chi connectivity index (χ1n) is 5.49. The van der Waals surface area contributed by atoms with Crippen LogP contribution in [0.2, 0.25) is 5.02 Å². The number of nitriles is 1. The Morgan fingerprint density at radius 2 is 2.15 bits per heavy atom. The van der Waals surface area contributed by atoms with Crippen LogP contribution in [0.3, 0.4) is 0 Å². The third kappa shape index (κ3) is 4.00. The summed E-state index contributed by atoms with van der Waals surface area (Å²) < 4.78 is 0. The Bertz CT molecular complexity index is 619. The molecule has 1 rings (SSSR count). The van der Waals surface area contributed by atoms with E-state index in [1.165, 1.54) is 25.1 Å². The summed E-state index contributed by atoms with van der Waals surface area (Å²) in [5, 5.41) is 29.7. The van der Waals surface area contributed by atoms with Gasteiger partial charge in [0.2, 0.25) is 0 Å². The topological polar surface area (TPSA) is 110 Å². The fourth-order valence-electron chi connectivity index (χ4n) is 1.28. The number of phenolic OH excluding ortho intramolecular Hbond substituents is 1. The number of hydrogen-bond acceptors (Lipinski definition) is 4. The molecule has 0 aromatic heterocycles. The van der Waals surface area contributed by atoms with Crippen molar-refractivity contribution in [2.24, 2.45) is 0 Å². The molecule has 1 atom stereocenters. The number of carbonyl (C=O) groups is 2. The van der Waals surface area contributed by atoms with Crippen molar-refractivity contribution in [3.05, 3.63) is 34.4 Å². The second-order valence-corrected chi connectivity index (χ2v) is 4.34. The summed E-state index contributed by atoms with van der Waals surface area (Å²) in [6, 6.07) is 4.66. The molecule has 6 nitrogen and oxygen atoms in total. The van der Waals surface area contributed by atoms with E-state index in [9.17, 15) is 14.7 Å². The second kappa shape index (κ2) is 6.59. The molecule has 1 amide bonds. The highest BCUT2D eigenvalue weighted by Gasteiger charge is 2.17. The minimum Gasteiger partial charge on any atom is -0.507 e. The first-order valence-corrected chi connectivity index (χ1v) is 5.87. The number of nitrogens with one attached hydrogen (secondary N) is 1. The van der Waals surface area contributed by atoms with Crippen LogP contribution in [0.1, 0.15) is 12.5 Å². The number of aliphatic carboxylic acids is 1. The molecule has 0 radical (unpaired) electrons. The molecule has 0 aliphatic heterocycles. The van der Waals surface area contributed by atoms with Crippen molar-refractivity contribution in [2.45, 2.75) is 13.0 Å². The summed E-state index contributed by atoms with van der Waals surface area (Å²) in [5.41, 5.74) is -0.150. The van der Waals surface area contributed by atoms with Crippen LogP contribution in [-0.4, -0.2) is 28.1 Å². The van der Waals surface area contributed by atoms with E-state index in [-0.39, 0.29) is 16.9 Å². The van der Waals surface area contributed by atoms with E-state index in [1.54, 1.807) is 6.07 Å². The highest BCUT2D eigenvalue weighted by molar-refractivity contribution is 6.30. The van der Waals surface area contributed by atoms with Crippen molar-refractivity contribution < 1.29 is 19.8 Å². The number of nitrogens with zero attached hydrogens (tertiary/aromatic N) is 1. The maximum Gasteiger partial charge on any atom is 0.325 e. The molecule has 0 spiro atoms. The Balaban J connectivity index is 3.04. The van der Waals surface area contributed by atoms with Crippen LogP contribution in [0, 0.1) is 11.3 Å². The predicted octanol–water partition coefficient (Wildman–Crippen LogP) is 1.54. The summed E-state index contributed by atoms with van der Waals surface area (Å²) in [4.78, 5) is 22.3. The van der Waals surface area contributed by atoms with Crippen molar-refractivity contribution in [2.75, 3.05) is 0 Å². The van der Waals surface area contributed by atoms with Gasteiger partial charge in [0.25, 0.3) is 5.91 Å². The monoisotopic (exact) mass is 294 g/mol. The van der Waals surface area contributed by atoms with Gasteiger partial charge in [-0.25, -0.2) is 0 Å². The third-order valence-corrected chi connectivity index (χ3v) is 2.61. The van der Waals surface area contributed by atoms with E-state index in [2.05, 4.69) is 5.32 Å². The Morgan fingerprint density at radius 1 is 1.50 bits per heavy atom. The van der Waals surface area contributed by atoms with Gasteiger partial charge >= 0.3 is 5.97 Å². The number of benzene rings is 1. The van der Waals surface area contributed by atoms with E-state index < -0.39 is 17.9 Å². The Labute approximate surface area is 119 Å². The SMILES string of the molecule is CC(NC(=O)/C(C#N)=C/c1cc(Cl)ccc1O)C(=O)O. The molecule has 104 valence electrons. The average Bonchev–Trinajstić information content (AvgIpc) is 2.39. The maximum atomic E-state index is 11.7. The van der Waals surface area contributed by atoms with Gasteiger partial charge in [0.15, 0.2) is 0 Å². The molecule has 0 fully saturated rings. The quantitative estimate of drug-likeness (QED) is 0.576. The zero-order valence-corrected chi connectivity index (χ0v) is 11.2. The van der Waals surface area contributed by atoms with Crippen molar-refractivity contribution >= 4 is 29.6 Å². The number of hydrogen-bond donors (Lipinski definition) is 3. The zero-order chi connectivity index (χ0) is 15.3. The molecule has 7 heteroatoms. The number of carboxylic acids is 1. The van der Waals surface area contributed by atoms with Crippen LogP contribution in [0.4, 0.5) is 0 Å².